The van der Waals surface area contributed by atoms with E-state index in [1.807, 2.05) is 54.6 Å². The molecule has 0 bridgehead atoms. The van der Waals surface area contributed by atoms with Crippen molar-refractivity contribution in [3.05, 3.63) is 172 Å². The molecule has 0 unspecified atom stereocenters. The Morgan fingerprint density at radius 2 is 0.700 bits per heavy atom. The van der Waals surface area contributed by atoms with Gasteiger partial charge in [0.2, 0.25) is 0 Å². The molecule has 0 aliphatic carbocycles. The first-order valence-electron chi connectivity index (χ1n) is 13.7. The molecule has 1 radical (unpaired) electrons. The molecule has 3 aromatic carbocycles. The van der Waals surface area contributed by atoms with E-state index >= 15 is 0 Å². The molecule has 0 amide bonds. The standard InChI is InChI=1S/C15H11N3.3C7H5ClO2.H2O.Yb/c1-3-10-16-12(6-1)14-8-5-9-15(18-14)13-7-2-4-11-17-13;3*8-6-3-1-5(2-4-6)7(9)10;;/h1-11H;3*1-4H,(H,9,10);1H2;/q;;;;;+3/p-2. The fourth-order valence-electron chi connectivity index (χ4n) is 3.51. The minimum Gasteiger partial charge on any atom is -0.545 e. The summed E-state index contributed by atoms with van der Waals surface area (Å²) in [6.45, 7) is 0. The second kappa shape index (κ2) is 23.3. The van der Waals surface area contributed by atoms with Gasteiger partial charge in [-0.25, -0.2) is 4.98 Å². The molecule has 0 atom stereocenters. The van der Waals surface area contributed by atoms with Crippen molar-refractivity contribution < 1.29 is 82.1 Å². The van der Waals surface area contributed by atoms with Crippen molar-refractivity contribution in [1.29, 1.82) is 0 Å². The topological polar surface area (TPSA) is 192 Å². The van der Waals surface area contributed by atoms with Crippen LogP contribution in [0.25, 0.3) is 22.8 Å². The molecule has 3 heterocycles. The Hall–Kier alpha value is -4.13. The van der Waals surface area contributed by atoms with E-state index in [0.717, 1.165) is 22.8 Å². The maximum absolute atomic E-state index is 10.2. The van der Waals surface area contributed by atoms with Gasteiger partial charge < -0.3 is 35.2 Å². The zero-order chi connectivity index (χ0) is 34.9. The van der Waals surface area contributed by atoms with Gasteiger partial charge in [-0.05, 0) is 89.5 Å². The predicted octanol–water partition coefficient (Wildman–Crippen LogP) is 4.39. The van der Waals surface area contributed by atoms with Crippen LogP contribution in [0, 0.1) is 46.9 Å². The molecule has 14 heteroatoms. The van der Waals surface area contributed by atoms with Gasteiger partial charge in [0.15, 0.2) is 0 Å². The summed E-state index contributed by atoms with van der Waals surface area (Å²) in [7, 11) is 0. The molecular weight excluding hydrogens is 866 g/mol. The molecule has 0 fully saturated rings. The van der Waals surface area contributed by atoms with Crippen LogP contribution in [0.15, 0.2) is 140 Å². The SMILES string of the molecule is O=C([O-])c1ccc(Cl)cc1.O=C([O-])c1ccc(Cl)cc1.O=C([O-])c1ccc(Cl)cc1.[OH3+].[Yb+3].c1ccc(-c2cccc(-c3ccccn3)n2)nc1. The average Bonchev–Trinajstić information content (AvgIpc) is 3.10. The summed E-state index contributed by atoms with van der Waals surface area (Å²) in [6, 6.07) is 34.9. The van der Waals surface area contributed by atoms with Gasteiger partial charge in [0.25, 0.3) is 0 Å². The van der Waals surface area contributed by atoms with Gasteiger partial charge in [-0.2, -0.15) is 0 Å². The average molecular weight is 892 g/mol. The molecule has 3 aromatic heterocycles. The molecule has 0 spiro atoms. The van der Waals surface area contributed by atoms with Crippen LogP contribution in [0.5, 0.6) is 0 Å². The summed E-state index contributed by atoms with van der Waals surface area (Å²) in [6.07, 6.45) is 3.54. The van der Waals surface area contributed by atoms with Gasteiger partial charge >= 0.3 is 46.9 Å². The Balaban J connectivity index is 0.000000344. The van der Waals surface area contributed by atoms with Crippen molar-refractivity contribution in [2.75, 3.05) is 0 Å². The van der Waals surface area contributed by atoms with Crippen molar-refractivity contribution in [1.82, 2.24) is 15.0 Å². The minimum atomic E-state index is -1.18. The number of halogens is 3. The van der Waals surface area contributed by atoms with E-state index in [9.17, 15) is 29.7 Å². The van der Waals surface area contributed by atoms with Crippen LogP contribution in [0.4, 0.5) is 0 Å². The number of nitrogens with zero attached hydrogens (tertiary/aromatic N) is 3. The zero-order valence-corrected chi connectivity index (χ0v) is 29.5. The fraction of sp³-hybridized carbons (Fsp3) is 0. The Kier molecular flexibility index (Phi) is 20.5. The van der Waals surface area contributed by atoms with Gasteiger partial charge in [0, 0.05) is 27.5 Å². The fourth-order valence-corrected chi connectivity index (χ4v) is 3.88. The third-order valence-corrected chi connectivity index (χ3v) is 6.60. The molecular formula is C36H26Cl3N3O7Yb+. The monoisotopic (exact) mass is 891 g/mol. The number of rotatable bonds is 5. The number of pyridine rings is 3. The Labute approximate surface area is 340 Å². The van der Waals surface area contributed by atoms with Crippen LogP contribution in [0.3, 0.4) is 0 Å². The number of carbonyl (C=O) groups is 3. The number of hydrogen-bond acceptors (Lipinski definition) is 9. The maximum atomic E-state index is 10.2. The second-order valence-corrected chi connectivity index (χ2v) is 10.5. The zero-order valence-electron chi connectivity index (χ0n) is 25.5. The third kappa shape index (κ3) is 15.6. The Morgan fingerprint density at radius 1 is 0.420 bits per heavy atom. The van der Waals surface area contributed by atoms with E-state index in [1.54, 1.807) is 12.4 Å². The molecule has 0 saturated heterocycles. The normalized spacial score (nSPS) is 9.26. The molecule has 6 aromatic rings. The molecule has 3 N–H and O–H groups in total. The van der Waals surface area contributed by atoms with Gasteiger partial charge in [0.05, 0.1) is 40.7 Å². The van der Waals surface area contributed by atoms with Crippen LogP contribution < -0.4 is 15.3 Å². The smallest absolute Gasteiger partial charge is 0.545 e. The number of hydrogen-bond donors (Lipinski definition) is 0. The van der Waals surface area contributed by atoms with E-state index in [2.05, 4.69) is 15.0 Å². The van der Waals surface area contributed by atoms with Crippen LogP contribution in [-0.2, 0) is 5.48 Å². The van der Waals surface area contributed by atoms with E-state index in [-0.39, 0.29) is 69.1 Å². The van der Waals surface area contributed by atoms with E-state index in [4.69, 9.17) is 34.8 Å². The molecule has 0 saturated carbocycles. The van der Waals surface area contributed by atoms with Gasteiger partial charge in [-0.1, -0.05) is 89.4 Å². The number of carboxylic acids is 3. The minimum absolute atomic E-state index is 0. The van der Waals surface area contributed by atoms with E-state index in [1.165, 1.54) is 72.8 Å². The van der Waals surface area contributed by atoms with Crippen molar-refractivity contribution in [2.24, 2.45) is 0 Å². The molecule has 6 rings (SSSR count). The summed E-state index contributed by atoms with van der Waals surface area (Å²) < 4.78 is 0. The summed E-state index contributed by atoms with van der Waals surface area (Å²) in [4.78, 5) is 43.7. The van der Waals surface area contributed by atoms with Crippen LogP contribution in [0.2, 0.25) is 15.1 Å². The predicted molar refractivity (Wildman–Crippen MR) is 183 cm³/mol. The van der Waals surface area contributed by atoms with Crippen molar-refractivity contribution in [3.8, 4) is 22.8 Å². The number of benzene rings is 3. The van der Waals surface area contributed by atoms with Gasteiger partial charge in [-0.15, -0.1) is 0 Å². The Morgan fingerprint density at radius 3 is 0.940 bits per heavy atom. The van der Waals surface area contributed by atoms with Crippen LogP contribution >= 0.6 is 34.8 Å². The number of carboxylic acid groups (broad SMARTS) is 3. The van der Waals surface area contributed by atoms with Gasteiger partial charge in [-0.3, -0.25) is 9.97 Å². The first kappa shape index (κ1) is 43.9. The van der Waals surface area contributed by atoms with Crippen LogP contribution in [-0.4, -0.2) is 32.9 Å². The molecule has 261 valence electrons. The summed E-state index contributed by atoms with van der Waals surface area (Å²) in [5, 5.41) is 32.0. The van der Waals surface area contributed by atoms with Crippen molar-refractivity contribution >= 4 is 52.7 Å². The molecule has 50 heavy (non-hydrogen) atoms. The molecule has 0 aliphatic rings. The quantitative estimate of drug-likeness (QED) is 0.226. The van der Waals surface area contributed by atoms with Crippen molar-refractivity contribution in [3.63, 3.8) is 0 Å². The Bertz CT molecular complexity index is 1730. The largest absolute Gasteiger partial charge is 3.00 e. The maximum Gasteiger partial charge on any atom is 3.00 e. The third-order valence-electron chi connectivity index (χ3n) is 5.84. The van der Waals surface area contributed by atoms with Gasteiger partial charge in [0.1, 0.15) is 0 Å². The summed E-state index contributed by atoms with van der Waals surface area (Å²) in [5.74, 6) is -3.55. The molecule has 0 aliphatic heterocycles. The van der Waals surface area contributed by atoms with Crippen LogP contribution in [0.1, 0.15) is 31.1 Å². The number of aromatic nitrogens is 3. The first-order chi connectivity index (χ1) is 23.0. The van der Waals surface area contributed by atoms with E-state index < -0.39 is 17.9 Å². The molecule has 10 nitrogen and oxygen atoms in total. The van der Waals surface area contributed by atoms with Crippen molar-refractivity contribution in [2.45, 2.75) is 0 Å². The summed E-state index contributed by atoms with van der Waals surface area (Å²) in [5.41, 5.74) is 3.89. The summed E-state index contributed by atoms with van der Waals surface area (Å²) >= 11 is 16.5. The van der Waals surface area contributed by atoms with E-state index in [0.29, 0.717) is 15.1 Å². The second-order valence-electron chi connectivity index (χ2n) is 9.22. The number of aromatic carboxylic acids is 3. The number of carbonyl (C=O) groups excluding carboxylic acids is 3. The first-order valence-corrected chi connectivity index (χ1v) is 14.9.